The molecule has 120 valence electrons. The van der Waals surface area contributed by atoms with E-state index in [0.717, 1.165) is 29.7 Å². The van der Waals surface area contributed by atoms with Crippen LogP contribution in [0, 0.1) is 5.92 Å². The summed E-state index contributed by atoms with van der Waals surface area (Å²) in [5.74, 6) is 0.0489. The standard InChI is InChI=1S/C17H19N3O2S/c1-10-7-8-13-12(9-10)14(15(18)21)16(23-13)20-17(22)19-11-5-3-2-4-6-11/h2-6,10H,7-9H2,1H3,(H2,18,21)(H2,19,20,22)/t10-/m1/s1. The highest BCUT2D eigenvalue weighted by atomic mass is 32.1. The average Bonchev–Trinajstić information content (AvgIpc) is 2.85. The molecule has 1 aliphatic rings. The third-order valence-corrected chi connectivity index (χ3v) is 5.22. The van der Waals surface area contributed by atoms with Gasteiger partial charge in [-0.05, 0) is 42.9 Å². The zero-order valence-electron chi connectivity index (χ0n) is 12.9. The van der Waals surface area contributed by atoms with Gasteiger partial charge in [0.25, 0.3) is 5.91 Å². The number of aryl methyl sites for hydroxylation is 1. The molecule has 0 radical (unpaired) electrons. The zero-order valence-corrected chi connectivity index (χ0v) is 13.7. The highest BCUT2D eigenvalue weighted by Gasteiger charge is 2.27. The molecule has 0 saturated heterocycles. The molecule has 0 fully saturated rings. The number of primary amides is 1. The predicted molar refractivity (Wildman–Crippen MR) is 93.1 cm³/mol. The summed E-state index contributed by atoms with van der Waals surface area (Å²) in [4.78, 5) is 25.2. The van der Waals surface area contributed by atoms with Crippen LogP contribution in [0.25, 0.3) is 0 Å². The van der Waals surface area contributed by atoms with Crippen molar-refractivity contribution < 1.29 is 9.59 Å². The average molecular weight is 329 g/mol. The van der Waals surface area contributed by atoms with Crippen LogP contribution in [0.2, 0.25) is 0 Å². The Morgan fingerprint density at radius 3 is 2.65 bits per heavy atom. The Morgan fingerprint density at radius 2 is 1.96 bits per heavy atom. The van der Waals surface area contributed by atoms with Crippen molar-refractivity contribution >= 4 is 34.0 Å². The maximum Gasteiger partial charge on any atom is 0.324 e. The summed E-state index contributed by atoms with van der Waals surface area (Å²) in [6, 6.07) is 8.80. The Balaban J connectivity index is 1.82. The van der Waals surface area contributed by atoms with E-state index in [1.54, 1.807) is 12.1 Å². The Labute approximate surface area is 138 Å². The van der Waals surface area contributed by atoms with Crippen molar-refractivity contribution in [2.24, 2.45) is 11.7 Å². The summed E-state index contributed by atoms with van der Waals surface area (Å²) >= 11 is 1.46. The van der Waals surface area contributed by atoms with Crippen LogP contribution in [0.15, 0.2) is 30.3 Å². The van der Waals surface area contributed by atoms with Gasteiger partial charge in [-0.3, -0.25) is 10.1 Å². The molecule has 0 aliphatic heterocycles. The molecule has 0 unspecified atom stereocenters. The number of urea groups is 1. The first-order valence-corrected chi connectivity index (χ1v) is 8.43. The Hall–Kier alpha value is -2.34. The van der Waals surface area contributed by atoms with E-state index in [1.165, 1.54) is 11.3 Å². The van der Waals surface area contributed by atoms with E-state index in [4.69, 9.17) is 5.73 Å². The second kappa shape index (κ2) is 6.42. The molecule has 1 aliphatic carbocycles. The summed E-state index contributed by atoms with van der Waals surface area (Å²) in [5.41, 5.74) is 7.73. The first-order chi connectivity index (χ1) is 11.0. The van der Waals surface area contributed by atoms with Crippen molar-refractivity contribution in [1.82, 2.24) is 0 Å². The highest BCUT2D eigenvalue weighted by Crippen LogP contribution is 2.39. The van der Waals surface area contributed by atoms with Crippen LogP contribution in [0.5, 0.6) is 0 Å². The fourth-order valence-corrected chi connectivity index (χ4v) is 4.14. The van der Waals surface area contributed by atoms with Gasteiger partial charge < -0.3 is 11.1 Å². The number of thiophene rings is 1. The lowest BCUT2D eigenvalue weighted by Gasteiger charge is -2.18. The van der Waals surface area contributed by atoms with Gasteiger partial charge in [-0.25, -0.2) is 4.79 Å². The number of carbonyl (C=O) groups excluding carboxylic acids is 2. The van der Waals surface area contributed by atoms with Crippen molar-refractivity contribution in [3.63, 3.8) is 0 Å². The van der Waals surface area contributed by atoms with Gasteiger partial charge in [0.2, 0.25) is 0 Å². The number of amides is 3. The maximum atomic E-state index is 12.2. The van der Waals surface area contributed by atoms with Gasteiger partial charge in [-0.1, -0.05) is 25.1 Å². The third-order valence-electron chi connectivity index (χ3n) is 4.01. The minimum absolute atomic E-state index is 0.370. The van der Waals surface area contributed by atoms with Crippen LogP contribution in [0.1, 0.15) is 34.1 Å². The molecular formula is C17H19N3O2S. The van der Waals surface area contributed by atoms with Gasteiger partial charge in [0.1, 0.15) is 5.00 Å². The molecular weight excluding hydrogens is 310 g/mol. The molecule has 23 heavy (non-hydrogen) atoms. The zero-order chi connectivity index (χ0) is 16.4. The Bertz CT molecular complexity index is 740. The topological polar surface area (TPSA) is 84.2 Å². The molecule has 3 amide bonds. The number of nitrogens with one attached hydrogen (secondary N) is 2. The van der Waals surface area contributed by atoms with Crippen molar-refractivity contribution in [3.05, 3.63) is 46.3 Å². The number of nitrogens with two attached hydrogens (primary N) is 1. The van der Waals surface area contributed by atoms with Crippen LogP contribution in [-0.2, 0) is 12.8 Å². The monoisotopic (exact) mass is 329 g/mol. The summed E-state index contributed by atoms with van der Waals surface area (Å²) in [6.45, 7) is 2.17. The number of anilines is 2. The van der Waals surface area contributed by atoms with Gasteiger partial charge in [-0.2, -0.15) is 0 Å². The van der Waals surface area contributed by atoms with Gasteiger partial charge in [0.05, 0.1) is 5.56 Å². The SMILES string of the molecule is C[C@@H]1CCc2sc(NC(=O)Nc3ccccc3)c(C(N)=O)c2C1. The molecule has 0 bridgehead atoms. The molecule has 2 aromatic rings. The summed E-state index contributed by atoms with van der Waals surface area (Å²) in [7, 11) is 0. The lowest BCUT2D eigenvalue weighted by Crippen LogP contribution is -2.22. The third kappa shape index (κ3) is 3.37. The van der Waals surface area contributed by atoms with Gasteiger partial charge in [0.15, 0.2) is 0 Å². The van der Waals surface area contributed by atoms with Crippen LogP contribution in [0.4, 0.5) is 15.5 Å². The molecule has 1 heterocycles. The predicted octanol–water partition coefficient (Wildman–Crippen LogP) is 3.62. The van der Waals surface area contributed by atoms with Crippen LogP contribution in [0.3, 0.4) is 0 Å². The van der Waals surface area contributed by atoms with E-state index in [9.17, 15) is 9.59 Å². The minimum Gasteiger partial charge on any atom is -0.365 e. The van der Waals surface area contributed by atoms with Gasteiger partial charge >= 0.3 is 6.03 Å². The van der Waals surface area contributed by atoms with Crippen molar-refractivity contribution in [3.8, 4) is 0 Å². The van der Waals surface area contributed by atoms with Crippen molar-refractivity contribution in [2.75, 3.05) is 10.6 Å². The molecule has 0 saturated carbocycles. The second-order valence-corrected chi connectivity index (χ2v) is 6.97. The lowest BCUT2D eigenvalue weighted by atomic mass is 9.87. The Morgan fingerprint density at radius 1 is 1.22 bits per heavy atom. The number of para-hydroxylation sites is 1. The molecule has 3 rings (SSSR count). The first-order valence-electron chi connectivity index (χ1n) is 7.62. The number of hydrogen-bond donors (Lipinski definition) is 3. The van der Waals surface area contributed by atoms with Crippen LogP contribution >= 0.6 is 11.3 Å². The van der Waals surface area contributed by atoms with Gasteiger partial charge in [0, 0.05) is 10.6 Å². The van der Waals surface area contributed by atoms with E-state index >= 15 is 0 Å². The number of rotatable bonds is 3. The van der Waals surface area contributed by atoms with Crippen molar-refractivity contribution in [1.29, 1.82) is 0 Å². The second-order valence-electron chi connectivity index (χ2n) is 5.87. The lowest BCUT2D eigenvalue weighted by molar-refractivity contribution is 0.1000. The smallest absolute Gasteiger partial charge is 0.324 e. The number of carbonyl (C=O) groups is 2. The molecule has 1 atom stereocenters. The van der Waals surface area contributed by atoms with Crippen LogP contribution in [-0.4, -0.2) is 11.9 Å². The summed E-state index contributed by atoms with van der Waals surface area (Å²) in [6.07, 6.45) is 2.87. The van der Waals surface area contributed by atoms with E-state index < -0.39 is 5.91 Å². The Kier molecular flexibility index (Phi) is 4.34. The van der Waals surface area contributed by atoms with E-state index in [-0.39, 0.29) is 6.03 Å². The summed E-state index contributed by atoms with van der Waals surface area (Å²) in [5, 5.41) is 6.08. The molecule has 0 spiro atoms. The molecule has 4 N–H and O–H groups in total. The number of hydrogen-bond acceptors (Lipinski definition) is 3. The quantitative estimate of drug-likeness (QED) is 0.803. The van der Waals surface area contributed by atoms with E-state index in [2.05, 4.69) is 17.6 Å². The normalized spacial score (nSPS) is 16.5. The van der Waals surface area contributed by atoms with Gasteiger partial charge in [-0.15, -0.1) is 11.3 Å². The molecule has 1 aromatic heterocycles. The largest absolute Gasteiger partial charge is 0.365 e. The fraction of sp³-hybridized carbons (Fsp3) is 0.294. The van der Waals surface area contributed by atoms with E-state index in [0.29, 0.717) is 22.2 Å². The summed E-state index contributed by atoms with van der Waals surface area (Å²) < 4.78 is 0. The molecule has 5 nitrogen and oxygen atoms in total. The maximum absolute atomic E-state index is 12.2. The van der Waals surface area contributed by atoms with Crippen LogP contribution < -0.4 is 16.4 Å². The molecule has 1 aromatic carbocycles. The number of benzene rings is 1. The van der Waals surface area contributed by atoms with E-state index in [1.807, 2.05) is 18.2 Å². The fourth-order valence-electron chi connectivity index (χ4n) is 2.89. The highest BCUT2D eigenvalue weighted by molar-refractivity contribution is 7.17. The minimum atomic E-state index is -0.480. The van der Waals surface area contributed by atoms with Crippen molar-refractivity contribution in [2.45, 2.75) is 26.2 Å². The first kappa shape index (κ1) is 15.6. The number of fused-ring (bicyclic) bond motifs is 1. The molecule has 6 heteroatoms.